The number of aromatic nitrogens is 1. The van der Waals surface area contributed by atoms with Crippen molar-refractivity contribution in [2.24, 2.45) is 0 Å². The number of methoxy groups -OCH3 is 2. The first-order valence-corrected chi connectivity index (χ1v) is 5.97. The predicted octanol–water partition coefficient (Wildman–Crippen LogP) is 2.24. The Morgan fingerprint density at radius 2 is 1.95 bits per heavy atom. The maximum atomic E-state index is 11.8. The van der Waals surface area contributed by atoms with Crippen LogP contribution in [0.4, 0.5) is 0 Å². The molecular formula is C15H14N2O3. The number of H-pyrrole nitrogens is 1. The second kappa shape index (κ2) is 5.49. The molecule has 0 bridgehead atoms. The molecule has 0 unspecified atom stereocenters. The third-order valence-electron chi connectivity index (χ3n) is 3.04. The van der Waals surface area contributed by atoms with Crippen LogP contribution in [0.2, 0.25) is 0 Å². The summed E-state index contributed by atoms with van der Waals surface area (Å²) in [5, 5.41) is 8.92. The number of ether oxygens (including phenoxy) is 2. The van der Waals surface area contributed by atoms with Gasteiger partial charge in [0.15, 0.2) is 0 Å². The van der Waals surface area contributed by atoms with E-state index in [-0.39, 0.29) is 5.56 Å². The largest absolute Gasteiger partial charge is 0.497 e. The number of aryl methyl sites for hydroxylation is 1. The van der Waals surface area contributed by atoms with E-state index in [1.165, 1.54) is 0 Å². The minimum Gasteiger partial charge on any atom is -0.497 e. The molecule has 2 rings (SSSR count). The number of nitriles is 1. The molecule has 1 aromatic heterocycles. The maximum absolute atomic E-state index is 11.8. The Balaban J connectivity index is 2.63. The van der Waals surface area contributed by atoms with E-state index in [1.807, 2.05) is 6.07 Å². The van der Waals surface area contributed by atoms with E-state index in [0.717, 1.165) is 5.56 Å². The average Bonchev–Trinajstić information content (AvgIpc) is 2.46. The highest BCUT2D eigenvalue weighted by molar-refractivity contribution is 5.69. The molecule has 0 spiro atoms. The van der Waals surface area contributed by atoms with Crippen molar-refractivity contribution in [3.05, 3.63) is 45.7 Å². The number of hydrogen-bond acceptors (Lipinski definition) is 4. The summed E-state index contributed by atoms with van der Waals surface area (Å²) >= 11 is 0. The number of nitrogens with zero attached hydrogens (tertiary/aromatic N) is 1. The van der Waals surface area contributed by atoms with Gasteiger partial charge in [0, 0.05) is 11.6 Å². The lowest BCUT2D eigenvalue weighted by atomic mass is 10.1. The zero-order valence-electron chi connectivity index (χ0n) is 11.5. The van der Waals surface area contributed by atoms with Crippen LogP contribution in [-0.2, 0) is 0 Å². The minimum atomic E-state index is -0.402. The molecule has 5 nitrogen and oxygen atoms in total. The maximum Gasteiger partial charge on any atom is 0.266 e. The van der Waals surface area contributed by atoms with E-state index in [2.05, 4.69) is 4.98 Å². The molecule has 102 valence electrons. The molecule has 0 atom stereocenters. The zero-order valence-corrected chi connectivity index (χ0v) is 11.5. The van der Waals surface area contributed by atoms with Gasteiger partial charge in [0.1, 0.15) is 23.1 Å². The fourth-order valence-electron chi connectivity index (χ4n) is 1.99. The van der Waals surface area contributed by atoms with Gasteiger partial charge in [-0.05, 0) is 30.7 Å². The molecule has 1 aromatic carbocycles. The molecule has 2 aromatic rings. The van der Waals surface area contributed by atoms with Gasteiger partial charge in [-0.15, -0.1) is 0 Å². The molecule has 0 aliphatic rings. The van der Waals surface area contributed by atoms with Crippen LogP contribution < -0.4 is 15.0 Å². The molecule has 20 heavy (non-hydrogen) atoms. The third kappa shape index (κ3) is 2.36. The van der Waals surface area contributed by atoms with E-state index < -0.39 is 5.56 Å². The molecule has 0 aliphatic carbocycles. The van der Waals surface area contributed by atoms with Crippen molar-refractivity contribution in [2.45, 2.75) is 6.92 Å². The Kier molecular flexibility index (Phi) is 3.76. The fraction of sp³-hybridized carbons (Fsp3) is 0.200. The Labute approximate surface area is 116 Å². The summed E-state index contributed by atoms with van der Waals surface area (Å²) in [6, 6.07) is 8.97. The lowest BCUT2D eigenvalue weighted by molar-refractivity contribution is 0.395. The van der Waals surface area contributed by atoms with Crippen LogP contribution in [0.25, 0.3) is 11.3 Å². The smallest absolute Gasteiger partial charge is 0.266 e. The Bertz CT molecular complexity index is 742. The van der Waals surface area contributed by atoms with E-state index in [1.54, 1.807) is 45.4 Å². The van der Waals surface area contributed by atoms with E-state index in [0.29, 0.717) is 22.8 Å². The highest BCUT2D eigenvalue weighted by Crippen LogP contribution is 2.32. The van der Waals surface area contributed by atoms with Crippen LogP contribution in [0.1, 0.15) is 11.1 Å². The Hall–Kier alpha value is -2.74. The second-order valence-electron chi connectivity index (χ2n) is 4.25. The number of hydrogen-bond donors (Lipinski definition) is 1. The lowest BCUT2D eigenvalue weighted by Crippen LogP contribution is -2.12. The molecule has 1 N–H and O–H groups in total. The molecule has 0 saturated heterocycles. The van der Waals surface area contributed by atoms with Gasteiger partial charge in [-0.3, -0.25) is 4.79 Å². The quantitative estimate of drug-likeness (QED) is 0.928. The molecule has 0 aliphatic heterocycles. The lowest BCUT2D eigenvalue weighted by Gasteiger charge is -2.11. The van der Waals surface area contributed by atoms with Gasteiger partial charge in [0.2, 0.25) is 0 Å². The average molecular weight is 270 g/mol. The topological polar surface area (TPSA) is 75.1 Å². The van der Waals surface area contributed by atoms with E-state index in [9.17, 15) is 4.79 Å². The SMILES string of the molecule is COc1ccc(-c2cc(C)c(C#N)c(=O)[nH]2)c(OC)c1. The molecule has 5 heteroatoms. The summed E-state index contributed by atoms with van der Waals surface area (Å²) in [7, 11) is 3.12. The van der Waals surface area contributed by atoms with E-state index in [4.69, 9.17) is 14.7 Å². The second-order valence-corrected chi connectivity index (χ2v) is 4.25. The highest BCUT2D eigenvalue weighted by Gasteiger charge is 2.11. The molecule has 0 amide bonds. The Morgan fingerprint density at radius 1 is 1.20 bits per heavy atom. The summed E-state index contributed by atoms with van der Waals surface area (Å²) in [6.07, 6.45) is 0. The van der Waals surface area contributed by atoms with Crippen molar-refractivity contribution in [3.63, 3.8) is 0 Å². The van der Waals surface area contributed by atoms with Gasteiger partial charge in [-0.2, -0.15) is 5.26 Å². The van der Waals surface area contributed by atoms with Crippen LogP contribution >= 0.6 is 0 Å². The predicted molar refractivity (Wildman–Crippen MR) is 75.1 cm³/mol. The normalized spacial score (nSPS) is 9.90. The number of aromatic amines is 1. The number of rotatable bonds is 3. The first kappa shape index (κ1) is 13.7. The zero-order chi connectivity index (χ0) is 14.7. The first-order valence-electron chi connectivity index (χ1n) is 5.97. The summed E-state index contributed by atoms with van der Waals surface area (Å²) in [5.74, 6) is 1.25. The van der Waals surface area contributed by atoms with Crippen LogP contribution in [0.5, 0.6) is 11.5 Å². The third-order valence-corrected chi connectivity index (χ3v) is 3.04. The Morgan fingerprint density at radius 3 is 2.50 bits per heavy atom. The standard InChI is InChI=1S/C15H14N2O3/c1-9-6-13(17-15(18)12(9)8-16)11-5-4-10(19-2)7-14(11)20-3/h4-7H,1-3H3,(H,17,18). The number of nitrogens with one attached hydrogen (secondary N) is 1. The fourth-order valence-corrected chi connectivity index (χ4v) is 1.99. The van der Waals surface area contributed by atoms with Gasteiger partial charge in [-0.1, -0.05) is 0 Å². The number of pyridine rings is 1. The van der Waals surface area contributed by atoms with Crippen molar-refractivity contribution in [1.29, 1.82) is 5.26 Å². The number of benzene rings is 1. The monoisotopic (exact) mass is 270 g/mol. The van der Waals surface area contributed by atoms with Crippen molar-refractivity contribution in [2.75, 3.05) is 14.2 Å². The molecule has 0 radical (unpaired) electrons. The van der Waals surface area contributed by atoms with Crippen molar-refractivity contribution in [1.82, 2.24) is 4.98 Å². The molecule has 0 saturated carbocycles. The van der Waals surface area contributed by atoms with Crippen molar-refractivity contribution in [3.8, 4) is 28.8 Å². The van der Waals surface area contributed by atoms with Gasteiger partial charge in [0.05, 0.1) is 19.9 Å². The van der Waals surface area contributed by atoms with Crippen LogP contribution in [0.15, 0.2) is 29.1 Å². The van der Waals surface area contributed by atoms with Crippen molar-refractivity contribution >= 4 is 0 Å². The van der Waals surface area contributed by atoms with Gasteiger partial charge < -0.3 is 14.5 Å². The van der Waals surface area contributed by atoms with Gasteiger partial charge >= 0.3 is 0 Å². The first-order chi connectivity index (χ1) is 9.60. The van der Waals surface area contributed by atoms with Crippen LogP contribution in [-0.4, -0.2) is 19.2 Å². The minimum absolute atomic E-state index is 0.126. The molecule has 1 heterocycles. The van der Waals surface area contributed by atoms with Gasteiger partial charge in [-0.25, -0.2) is 0 Å². The summed E-state index contributed by atoms with van der Waals surface area (Å²) in [5.41, 5.74) is 1.69. The van der Waals surface area contributed by atoms with E-state index >= 15 is 0 Å². The van der Waals surface area contributed by atoms with Crippen LogP contribution in [0.3, 0.4) is 0 Å². The molecule has 0 fully saturated rings. The van der Waals surface area contributed by atoms with Gasteiger partial charge in [0.25, 0.3) is 5.56 Å². The van der Waals surface area contributed by atoms with Crippen LogP contribution in [0, 0.1) is 18.3 Å². The summed E-state index contributed by atoms with van der Waals surface area (Å²) in [4.78, 5) is 14.5. The van der Waals surface area contributed by atoms with Crippen molar-refractivity contribution < 1.29 is 9.47 Å². The summed E-state index contributed by atoms with van der Waals surface area (Å²) < 4.78 is 10.4. The summed E-state index contributed by atoms with van der Waals surface area (Å²) in [6.45, 7) is 1.73. The highest BCUT2D eigenvalue weighted by atomic mass is 16.5. The molecular weight excluding hydrogens is 256 g/mol.